The van der Waals surface area contributed by atoms with Crippen LogP contribution in [0.5, 0.6) is 0 Å². The fraction of sp³-hybridized carbons (Fsp3) is 0.929. The highest BCUT2D eigenvalue weighted by Gasteiger charge is 2.28. The van der Waals surface area contributed by atoms with Gasteiger partial charge in [0.25, 0.3) is 0 Å². The number of amides is 1. The van der Waals surface area contributed by atoms with E-state index in [9.17, 15) is 13.2 Å². The topological polar surface area (TPSA) is 75.7 Å². The minimum Gasteiger partial charge on any atom is -0.379 e. The van der Waals surface area contributed by atoms with E-state index in [2.05, 4.69) is 5.32 Å². The second kappa shape index (κ2) is 7.56. The van der Waals surface area contributed by atoms with Crippen LogP contribution in [0.25, 0.3) is 0 Å². The molecule has 21 heavy (non-hydrogen) atoms. The molecule has 1 unspecified atom stereocenters. The normalized spacial score (nSPS) is 23.1. The Bertz CT molecular complexity index is 440. The molecule has 0 radical (unpaired) electrons. The Morgan fingerprint density at radius 3 is 2.52 bits per heavy atom. The molecule has 122 valence electrons. The highest BCUT2D eigenvalue weighted by molar-refractivity contribution is 7.89. The van der Waals surface area contributed by atoms with Gasteiger partial charge in [-0.05, 0) is 18.8 Å². The molecule has 0 spiro atoms. The van der Waals surface area contributed by atoms with Gasteiger partial charge in [0, 0.05) is 25.6 Å². The lowest BCUT2D eigenvalue weighted by atomic mass is 9.92. The predicted molar refractivity (Wildman–Crippen MR) is 80.3 cm³/mol. The van der Waals surface area contributed by atoms with E-state index < -0.39 is 10.0 Å². The Morgan fingerprint density at radius 2 is 1.90 bits per heavy atom. The molecule has 2 rings (SSSR count). The Labute approximate surface area is 127 Å². The largest absolute Gasteiger partial charge is 0.379 e. The first-order valence-corrected chi connectivity index (χ1v) is 9.45. The van der Waals surface area contributed by atoms with Crippen LogP contribution in [-0.4, -0.2) is 57.2 Å². The molecule has 1 saturated heterocycles. The van der Waals surface area contributed by atoms with Crippen molar-refractivity contribution in [2.45, 2.75) is 32.6 Å². The molecule has 2 fully saturated rings. The van der Waals surface area contributed by atoms with E-state index in [0.29, 0.717) is 32.2 Å². The average molecular weight is 318 g/mol. The molecule has 1 heterocycles. The van der Waals surface area contributed by atoms with Crippen LogP contribution in [0.4, 0.5) is 0 Å². The Hall–Kier alpha value is -0.660. The lowest BCUT2D eigenvalue weighted by molar-refractivity contribution is -0.125. The zero-order valence-electron chi connectivity index (χ0n) is 12.7. The van der Waals surface area contributed by atoms with Gasteiger partial charge in [-0.2, -0.15) is 4.31 Å². The summed E-state index contributed by atoms with van der Waals surface area (Å²) in [6.07, 6.45) is 4.63. The first kappa shape index (κ1) is 16.7. The molecule has 6 nitrogen and oxygen atoms in total. The van der Waals surface area contributed by atoms with Gasteiger partial charge in [-0.15, -0.1) is 0 Å². The van der Waals surface area contributed by atoms with Crippen molar-refractivity contribution >= 4 is 15.9 Å². The average Bonchev–Trinajstić information content (AvgIpc) is 3.01. The van der Waals surface area contributed by atoms with Crippen molar-refractivity contribution in [2.75, 3.05) is 38.6 Å². The van der Waals surface area contributed by atoms with Gasteiger partial charge in [-0.25, -0.2) is 8.42 Å². The smallest absolute Gasteiger partial charge is 0.223 e. The quantitative estimate of drug-likeness (QED) is 0.778. The van der Waals surface area contributed by atoms with Crippen molar-refractivity contribution in [3.63, 3.8) is 0 Å². The highest BCUT2D eigenvalue weighted by Crippen LogP contribution is 2.31. The second-order valence-corrected chi connectivity index (χ2v) is 8.04. The van der Waals surface area contributed by atoms with Crippen LogP contribution in [0.2, 0.25) is 0 Å². The van der Waals surface area contributed by atoms with Crippen LogP contribution in [0.1, 0.15) is 32.6 Å². The van der Waals surface area contributed by atoms with Gasteiger partial charge in [-0.1, -0.05) is 19.8 Å². The zero-order chi connectivity index (χ0) is 15.3. The standard InChI is InChI=1S/C14H26N2O4S/c1-12(13-4-2-3-5-13)14(17)15-6-11-21(18,19)16-7-9-20-10-8-16/h12-13H,2-11H2,1H3,(H,15,17). The van der Waals surface area contributed by atoms with Crippen LogP contribution in [-0.2, 0) is 19.6 Å². The summed E-state index contributed by atoms with van der Waals surface area (Å²) in [4.78, 5) is 12.1. The summed E-state index contributed by atoms with van der Waals surface area (Å²) in [5.74, 6) is 0.398. The number of hydrogen-bond donors (Lipinski definition) is 1. The Kier molecular flexibility index (Phi) is 6.01. The molecule has 0 aromatic heterocycles. The summed E-state index contributed by atoms with van der Waals surface area (Å²) in [5, 5.41) is 2.78. The number of rotatable bonds is 6. The predicted octanol–water partition coefficient (Wildman–Crippen LogP) is 0.591. The molecule has 0 aromatic rings. The fourth-order valence-electron chi connectivity index (χ4n) is 3.09. The first-order chi connectivity index (χ1) is 10.0. The maximum absolute atomic E-state index is 12.1. The maximum atomic E-state index is 12.1. The SMILES string of the molecule is CC(C(=O)NCCS(=O)(=O)N1CCOCC1)C1CCCC1. The number of sulfonamides is 1. The lowest BCUT2D eigenvalue weighted by Gasteiger charge is -2.26. The van der Waals surface area contributed by atoms with Gasteiger partial charge in [0.15, 0.2) is 0 Å². The molecular formula is C14H26N2O4S. The molecule has 2 aliphatic rings. The second-order valence-electron chi connectivity index (χ2n) is 5.95. The van der Waals surface area contributed by atoms with Crippen LogP contribution < -0.4 is 5.32 Å². The van der Waals surface area contributed by atoms with Gasteiger partial charge in [0.2, 0.25) is 15.9 Å². The summed E-state index contributed by atoms with van der Waals surface area (Å²) < 4.78 is 30.8. The van der Waals surface area contributed by atoms with E-state index in [1.165, 1.54) is 17.1 Å². The number of hydrogen-bond acceptors (Lipinski definition) is 4. The Balaban J connectivity index is 1.73. The third-order valence-corrected chi connectivity index (χ3v) is 6.42. The summed E-state index contributed by atoms with van der Waals surface area (Å²) in [6.45, 7) is 3.86. The van der Waals surface area contributed by atoms with Crippen molar-refractivity contribution < 1.29 is 17.9 Å². The number of nitrogens with one attached hydrogen (secondary N) is 1. The van der Waals surface area contributed by atoms with Crippen molar-refractivity contribution in [1.82, 2.24) is 9.62 Å². The van der Waals surface area contributed by atoms with Crippen LogP contribution >= 0.6 is 0 Å². The molecule has 0 aromatic carbocycles. The molecule has 1 aliphatic heterocycles. The van der Waals surface area contributed by atoms with Crippen molar-refractivity contribution in [2.24, 2.45) is 11.8 Å². The van der Waals surface area contributed by atoms with E-state index in [-0.39, 0.29) is 24.1 Å². The number of ether oxygens (including phenoxy) is 1. The summed E-state index contributed by atoms with van der Waals surface area (Å²) in [5.41, 5.74) is 0. The number of morpholine rings is 1. The van der Waals surface area contributed by atoms with Gasteiger partial charge in [-0.3, -0.25) is 4.79 Å². The van der Waals surface area contributed by atoms with E-state index in [0.717, 1.165) is 12.8 Å². The van der Waals surface area contributed by atoms with Crippen LogP contribution in [0, 0.1) is 11.8 Å². The number of carbonyl (C=O) groups is 1. The third-order valence-electron chi connectivity index (χ3n) is 4.54. The van der Waals surface area contributed by atoms with E-state index >= 15 is 0 Å². The first-order valence-electron chi connectivity index (χ1n) is 7.84. The van der Waals surface area contributed by atoms with Gasteiger partial charge in [0.05, 0.1) is 19.0 Å². The summed E-state index contributed by atoms with van der Waals surface area (Å²) in [7, 11) is -3.29. The minimum absolute atomic E-state index is 0.0147. The molecule has 0 bridgehead atoms. The van der Waals surface area contributed by atoms with Gasteiger partial charge < -0.3 is 10.1 Å². The van der Waals surface area contributed by atoms with Crippen LogP contribution in [0.15, 0.2) is 0 Å². The molecular weight excluding hydrogens is 292 g/mol. The highest BCUT2D eigenvalue weighted by atomic mass is 32.2. The molecule has 1 aliphatic carbocycles. The number of carbonyl (C=O) groups excluding carboxylic acids is 1. The molecule has 1 atom stereocenters. The van der Waals surface area contributed by atoms with Gasteiger partial charge in [0.1, 0.15) is 0 Å². The van der Waals surface area contributed by atoms with E-state index in [1.807, 2.05) is 6.92 Å². The lowest BCUT2D eigenvalue weighted by Crippen LogP contribution is -2.44. The summed E-state index contributed by atoms with van der Waals surface area (Å²) in [6, 6.07) is 0. The maximum Gasteiger partial charge on any atom is 0.223 e. The van der Waals surface area contributed by atoms with Crippen molar-refractivity contribution in [3.8, 4) is 0 Å². The monoisotopic (exact) mass is 318 g/mol. The van der Waals surface area contributed by atoms with Gasteiger partial charge >= 0.3 is 0 Å². The third kappa shape index (κ3) is 4.66. The van der Waals surface area contributed by atoms with E-state index in [1.54, 1.807) is 0 Å². The van der Waals surface area contributed by atoms with Crippen LogP contribution in [0.3, 0.4) is 0 Å². The molecule has 1 amide bonds. The van der Waals surface area contributed by atoms with Crippen molar-refractivity contribution in [3.05, 3.63) is 0 Å². The molecule has 1 N–H and O–H groups in total. The fourth-order valence-corrected chi connectivity index (χ4v) is 4.41. The molecule has 7 heteroatoms. The Morgan fingerprint density at radius 1 is 1.29 bits per heavy atom. The summed E-state index contributed by atoms with van der Waals surface area (Å²) >= 11 is 0. The number of nitrogens with zero attached hydrogens (tertiary/aromatic N) is 1. The van der Waals surface area contributed by atoms with Crippen molar-refractivity contribution in [1.29, 1.82) is 0 Å². The molecule has 1 saturated carbocycles. The minimum atomic E-state index is -3.29. The zero-order valence-corrected chi connectivity index (χ0v) is 13.5. The van der Waals surface area contributed by atoms with E-state index in [4.69, 9.17) is 4.74 Å².